The molecule has 1 N–H and O–H groups in total. The fourth-order valence-electron chi connectivity index (χ4n) is 5.90. The van der Waals surface area contributed by atoms with Gasteiger partial charge in [0.25, 0.3) is 0 Å². The van der Waals surface area contributed by atoms with Crippen molar-refractivity contribution in [2.24, 2.45) is 16.8 Å². The van der Waals surface area contributed by atoms with Crippen molar-refractivity contribution in [1.29, 1.82) is 0 Å². The quantitative estimate of drug-likeness (QED) is 0.462. The molecule has 3 heterocycles. The van der Waals surface area contributed by atoms with Crippen LogP contribution in [0.1, 0.15) is 70.2 Å². The van der Waals surface area contributed by atoms with Crippen LogP contribution in [0.15, 0.2) is 52.5 Å². The molecule has 3 atom stereocenters. The Morgan fingerprint density at radius 2 is 2.00 bits per heavy atom. The number of hydrogen-bond acceptors (Lipinski definition) is 5. The van der Waals surface area contributed by atoms with Gasteiger partial charge in [-0.1, -0.05) is 64.3 Å². The van der Waals surface area contributed by atoms with Gasteiger partial charge >= 0.3 is 5.69 Å². The molecule has 0 spiro atoms. The summed E-state index contributed by atoms with van der Waals surface area (Å²) in [5.41, 5.74) is 2.90. The summed E-state index contributed by atoms with van der Waals surface area (Å²) >= 11 is 0. The fourth-order valence-corrected chi connectivity index (χ4v) is 5.90. The lowest BCUT2D eigenvalue weighted by molar-refractivity contribution is 0.433. The smallest absolute Gasteiger partial charge is 0.295 e. The summed E-state index contributed by atoms with van der Waals surface area (Å²) in [6.45, 7) is 7.26. The van der Waals surface area contributed by atoms with Gasteiger partial charge in [-0.15, -0.1) is 10.2 Å². The maximum absolute atomic E-state index is 13.9. The Morgan fingerprint density at radius 1 is 1.17 bits per heavy atom. The number of aromatic amines is 1. The van der Waals surface area contributed by atoms with E-state index in [1.54, 1.807) is 0 Å². The van der Waals surface area contributed by atoms with Crippen LogP contribution in [-0.4, -0.2) is 36.0 Å². The van der Waals surface area contributed by atoms with Crippen molar-refractivity contribution in [3.63, 3.8) is 0 Å². The summed E-state index contributed by atoms with van der Waals surface area (Å²) < 4.78 is 4.09. The molecule has 8 nitrogen and oxygen atoms in total. The van der Waals surface area contributed by atoms with E-state index in [1.165, 1.54) is 0 Å². The molecule has 1 aliphatic carbocycles. The van der Waals surface area contributed by atoms with Crippen molar-refractivity contribution in [3.05, 3.63) is 64.5 Å². The van der Waals surface area contributed by atoms with Crippen molar-refractivity contribution in [2.75, 3.05) is 0 Å². The minimum Gasteiger partial charge on any atom is -0.295 e. The van der Waals surface area contributed by atoms with Gasteiger partial charge in [0.15, 0.2) is 0 Å². The molecule has 0 amide bonds. The zero-order chi connectivity index (χ0) is 24.4. The Hall–Kier alpha value is -3.29. The second-order valence-electron chi connectivity index (χ2n) is 9.96. The highest BCUT2D eigenvalue weighted by atomic mass is 16.1. The summed E-state index contributed by atoms with van der Waals surface area (Å²) in [5, 5.41) is 14.5. The Bertz CT molecular complexity index is 1260. The molecule has 1 aliphatic heterocycles. The van der Waals surface area contributed by atoms with Crippen LogP contribution in [0.3, 0.4) is 0 Å². The highest BCUT2D eigenvalue weighted by molar-refractivity contribution is 5.65. The molecule has 2 aliphatic rings. The Morgan fingerprint density at radius 3 is 2.66 bits per heavy atom. The van der Waals surface area contributed by atoms with E-state index in [2.05, 4.69) is 75.4 Å². The zero-order valence-electron chi connectivity index (χ0n) is 20.9. The van der Waals surface area contributed by atoms with E-state index in [1.807, 2.05) is 29.1 Å². The number of rotatable bonds is 10. The number of nitrogens with one attached hydrogen (secondary N) is 1. The minimum absolute atomic E-state index is 0.125. The van der Waals surface area contributed by atoms with Gasteiger partial charge in [0, 0.05) is 47.9 Å². The van der Waals surface area contributed by atoms with Crippen LogP contribution in [0.4, 0.5) is 0 Å². The molecule has 0 bridgehead atoms. The minimum atomic E-state index is -0.379. The number of nitrogens with zero attached hydrogens (tertiary/aromatic N) is 6. The van der Waals surface area contributed by atoms with Crippen molar-refractivity contribution < 1.29 is 0 Å². The van der Waals surface area contributed by atoms with Gasteiger partial charge in [-0.05, 0) is 47.9 Å². The third-order valence-corrected chi connectivity index (χ3v) is 7.95. The van der Waals surface area contributed by atoms with Gasteiger partial charge in [0.1, 0.15) is 0 Å². The van der Waals surface area contributed by atoms with E-state index in [0.29, 0.717) is 30.2 Å². The molecule has 35 heavy (non-hydrogen) atoms. The number of benzene rings is 1. The van der Waals surface area contributed by atoms with Gasteiger partial charge in [0.2, 0.25) is 5.82 Å². The number of aromatic nitrogens is 6. The van der Waals surface area contributed by atoms with E-state index >= 15 is 0 Å². The Labute approximate surface area is 206 Å². The fraction of sp³-hybridized carbons (Fsp3) is 0.519. The van der Waals surface area contributed by atoms with E-state index in [0.717, 1.165) is 55.3 Å². The van der Waals surface area contributed by atoms with Crippen molar-refractivity contribution >= 4 is 6.21 Å². The predicted molar refractivity (Wildman–Crippen MR) is 137 cm³/mol. The van der Waals surface area contributed by atoms with Gasteiger partial charge in [-0.25, -0.2) is 4.79 Å². The number of allylic oxidation sites excluding steroid dienone is 1. The van der Waals surface area contributed by atoms with Crippen LogP contribution < -0.4 is 5.69 Å². The second kappa shape index (κ2) is 9.76. The maximum Gasteiger partial charge on any atom is 0.328 e. The van der Waals surface area contributed by atoms with E-state index in [9.17, 15) is 4.79 Å². The molecular formula is C27H35N7O. The third kappa shape index (κ3) is 4.30. The Balaban J connectivity index is 1.56. The van der Waals surface area contributed by atoms with Gasteiger partial charge < -0.3 is 0 Å². The number of unbranched alkanes of at least 4 members (excludes halogenated alkanes) is 1. The molecule has 1 saturated carbocycles. The van der Waals surface area contributed by atoms with Crippen molar-refractivity contribution in [2.45, 2.75) is 77.3 Å². The summed E-state index contributed by atoms with van der Waals surface area (Å²) in [7, 11) is 0. The standard InChI is InChI=1S/C27H35N7O/c1-4-7-11-21-17-33(24-22(5-2)23(24)6-3)26(35)34(21)18-27(12-14-28-15-13-27)20-10-8-9-19(16-20)25-29-31-32-30-25/h8-10,12,14-17,22-24H,4-7,11,13,18H2,1-3H3,(H,29,30,31,32). The predicted octanol–water partition coefficient (Wildman–Crippen LogP) is 4.71. The molecule has 5 rings (SSSR count). The number of aryl methyl sites for hydroxylation is 1. The van der Waals surface area contributed by atoms with Crippen LogP contribution in [0.25, 0.3) is 11.4 Å². The van der Waals surface area contributed by atoms with E-state index < -0.39 is 0 Å². The highest BCUT2D eigenvalue weighted by Gasteiger charge is 2.49. The van der Waals surface area contributed by atoms with Crippen LogP contribution >= 0.6 is 0 Å². The topological polar surface area (TPSA) is 93.8 Å². The number of imidazole rings is 1. The van der Waals surface area contributed by atoms with Crippen molar-refractivity contribution in [1.82, 2.24) is 29.8 Å². The van der Waals surface area contributed by atoms with Gasteiger partial charge in [-0.3, -0.25) is 14.1 Å². The van der Waals surface area contributed by atoms with E-state index in [-0.39, 0.29) is 11.1 Å². The van der Waals surface area contributed by atoms with Crippen LogP contribution in [0, 0.1) is 11.8 Å². The largest absolute Gasteiger partial charge is 0.328 e. The van der Waals surface area contributed by atoms with Crippen LogP contribution in [0.5, 0.6) is 0 Å². The third-order valence-electron chi connectivity index (χ3n) is 7.95. The number of hydrogen-bond donors (Lipinski definition) is 1. The monoisotopic (exact) mass is 473 g/mol. The Kier molecular flexibility index (Phi) is 6.54. The second-order valence-corrected chi connectivity index (χ2v) is 9.96. The lowest BCUT2D eigenvalue weighted by atomic mass is 9.76. The first-order chi connectivity index (χ1) is 17.1. The normalized spacial score (nSPS) is 25.3. The van der Waals surface area contributed by atoms with Gasteiger partial charge in [-0.2, -0.15) is 5.21 Å². The number of tetrazole rings is 1. The average Bonchev–Trinajstić information content (AvgIpc) is 3.18. The molecule has 0 radical (unpaired) electrons. The first-order valence-corrected chi connectivity index (χ1v) is 13.0. The van der Waals surface area contributed by atoms with Crippen molar-refractivity contribution in [3.8, 4) is 11.4 Å². The molecule has 2 aromatic heterocycles. The molecule has 3 unspecified atom stereocenters. The average molecular weight is 474 g/mol. The SMILES string of the molecule is CCCCc1cn(C2C(CC)C2CC)c(=O)n1CC1(c2cccc(-c3nn[nH]n3)c2)C=CN=CC1. The first kappa shape index (κ1) is 23.5. The summed E-state index contributed by atoms with van der Waals surface area (Å²) in [6, 6.07) is 8.59. The van der Waals surface area contributed by atoms with E-state index in [4.69, 9.17) is 0 Å². The molecule has 1 fully saturated rings. The maximum atomic E-state index is 13.9. The zero-order valence-corrected chi connectivity index (χ0v) is 20.9. The van der Waals surface area contributed by atoms with Crippen LogP contribution in [0.2, 0.25) is 0 Å². The number of H-pyrrole nitrogens is 1. The summed E-state index contributed by atoms with van der Waals surface area (Å²) in [6.07, 6.45) is 14.2. The molecule has 1 aromatic carbocycles. The summed E-state index contributed by atoms with van der Waals surface area (Å²) in [4.78, 5) is 18.2. The lowest BCUT2D eigenvalue weighted by Gasteiger charge is -2.32. The lowest BCUT2D eigenvalue weighted by Crippen LogP contribution is -2.37. The first-order valence-electron chi connectivity index (χ1n) is 13.0. The summed E-state index contributed by atoms with van der Waals surface area (Å²) in [5.74, 6) is 1.78. The molecule has 3 aromatic rings. The highest BCUT2D eigenvalue weighted by Crippen LogP contribution is 2.53. The van der Waals surface area contributed by atoms with Crippen LogP contribution in [-0.2, 0) is 18.4 Å². The van der Waals surface area contributed by atoms with Gasteiger partial charge in [0.05, 0.1) is 0 Å². The molecule has 184 valence electrons. The molecule has 8 heteroatoms. The molecule has 0 saturated heterocycles. The molecular weight excluding hydrogens is 438 g/mol. The number of aliphatic imine (C=N–C) groups is 1.